The number of nitrogens with zero attached hydrogens (tertiary/aromatic N) is 5. The average Bonchev–Trinajstić information content (AvgIpc) is 2.70. The standard InChI is InChI=1S/C21H32N6O4S/c1-9-27(10-13(28)22-12(2)3)14(29)11-32-17-15-16(23-19(24-17)21(4,5)6)25(7)20(31)26(8)18(15)30/h12H,9-11H2,1-8H3,(H,22,28). The number of carbonyl (C=O) groups excluding carboxylic acids is 2. The third kappa shape index (κ3) is 5.56. The molecule has 0 saturated carbocycles. The summed E-state index contributed by atoms with van der Waals surface area (Å²) in [6.45, 7) is 11.6. The fourth-order valence-corrected chi connectivity index (χ4v) is 3.92. The largest absolute Gasteiger partial charge is 0.352 e. The molecule has 0 spiro atoms. The minimum atomic E-state index is -0.512. The molecule has 2 heterocycles. The van der Waals surface area contributed by atoms with E-state index in [1.54, 1.807) is 14.0 Å². The highest BCUT2D eigenvalue weighted by molar-refractivity contribution is 8.00. The number of carbonyl (C=O) groups is 2. The zero-order chi connectivity index (χ0) is 24.4. The van der Waals surface area contributed by atoms with Crippen LogP contribution in [0.4, 0.5) is 0 Å². The van der Waals surface area contributed by atoms with Crippen molar-refractivity contribution in [3.8, 4) is 0 Å². The van der Waals surface area contributed by atoms with Crippen molar-refractivity contribution in [1.29, 1.82) is 0 Å². The van der Waals surface area contributed by atoms with Gasteiger partial charge in [0.2, 0.25) is 11.8 Å². The van der Waals surface area contributed by atoms with Crippen LogP contribution in [0.2, 0.25) is 0 Å². The van der Waals surface area contributed by atoms with Gasteiger partial charge in [-0.2, -0.15) is 0 Å². The van der Waals surface area contributed by atoms with Crippen LogP contribution in [0.1, 0.15) is 47.4 Å². The van der Waals surface area contributed by atoms with E-state index in [0.29, 0.717) is 17.4 Å². The summed E-state index contributed by atoms with van der Waals surface area (Å²) < 4.78 is 2.32. The highest BCUT2D eigenvalue weighted by atomic mass is 32.2. The molecule has 0 atom stereocenters. The van der Waals surface area contributed by atoms with Gasteiger partial charge in [0.25, 0.3) is 5.56 Å². The Morgan fingerprint density at radius 1 is 1.12 bits per heavy atom. The molecular weight excluding hydrogens is 432 g/mol. The number of nitrogens with one attached hydrogen (secondary N) is 1. The second-order valence-corrected chi connectivity index (χ2v) is 9.89. The van der Waals surface area contributed by atoms with E-state index in [0.717, 1.165) is 16.3 Å². The van der Waals surface area contributed by atoms with Crippen LogP contribution in [-0.2, 0) is 29.1 Å². The van der Waals surface area contributed by atoms with Crippen molar-refractivity contribution in [3.63, 3.8) is 0 Å². The molecule has 1 N–H and O–H groups in total. The summed E-state index contributed by atoms with van der Waals surface area (Å²) in [7, 11) is 2.95. The number of likely N-dealkylation sites (N-methyl/N-ethyl adjacent to an activating group) is 1. The first-order valence-electron chi connectivity index (χ1n) is 10.5. The predicted octanol–water partition coefficient (Wildman–Crippen LogP) is 0.790. The summed E-state index contributed by atoms with van der Waals surface area (Å²) >= 11 is 1.11. The number of fused-ring (bicyclic) bond motifs is 1. The Morgan fingerprint density at radius 3 is 2.28 bits per heavy atom. The molecule has 0 fully saturated rings. The molecule has 0 bridgehead atoms. The van der Waals surface area contributed by atoms with E-state index in [1.807, 2.05) is 34.6 Å². The van der Waals surface area contributed by atoms with E-state index in [2.05, 4.69) is 15.3 Å². The third-order valence-corrected chi connectivity index (χ3v) is 5.75. The van der Waals surface area contributed by atoms with Crippen LogP contribution in [0.15, 0.2) is 14.6 Å². The molecule has 2 rings (SSSR count). The van der Waals surface area contributed by atoms with E-state index in [-0.39, 0.29) is 41.2 Å². The topological polar surface area (TPSA) is 119 Å². The summed E-state index contributed by atoms with van der Waals surface area (Å²) in [5, 5.41) is 3.31. The highest BCUT2D eigenvalue weighted by Crippen LogP contribution is 2.27. The van der Waals surface area contributed by atoms with Gasteiger partial charge in [-0.25, -0.2) is 14.8 Å². The quantitative estimate of drug-likeness (QED) is 0.475. The lowest BCUT2D eigenvalue weighted by atomic mass is 9.96. The molecule has 10 nitrogen and oxygen atoms in total. The molecule has 0 saturated heterocycles. The van der Waals surface area contributed by atoms with E-state index in [4.69, 9.17) is 0 Å². The molecule has 11 heteroatoms. The number of aryl methyl sites for hydroxylation is 1. The molecule has 0 unspecified atom stereocenters. The van der Waals surface area contributed by atoms with Crippen LogP contribution in [0.5, 0.6) is 0 Å². The van der Waals surface area contributed by atoms with Crippen LogP contribution in [-0.4, -0.2) is 60.7 Å². The normalized spacial score (nSPS) is 11.8. The van der Waals surface area contributed by atoms with Gasteiger partial charge in [-0.3, -0.25) is 23.5 Å². The monoisotopic (exact) mass is 464 g/mol. The number of thioether (sulfide) groups is 1. The van der Waals surface area contributed by atoms with Crippen molar-refractivity contribution in [3.05, 3.63) is 26.7 Å². The van der Waals surface area contributed by atoms with Gasteiger partial charge in [0.15, 0.2) is 5.65 Å². The Hall–Kier alpha value is -2.69. The summed E-state index contributed by atoms with van der Waals surface area (Å²) in [6, 6.07) is -0.0169. The van der Waals surface area contributed by atoms with Gasteiger partial charge in [0, 0.05) is 32.1 Å². The minimum absolute atomic E-state index is 0.00943. The van der Waals surface area contributed by atoms with E-state index in [9.17, 15) is 19.2 Å². The maximum atomic E-state index is 12.9. The molecule has 0 aromatic carbocycles. The Balaban J connectivity index is 2.45. The summed E-state index contributed by atoms with van der Waals surface area (Å²) in [6.07, 6.45) is 0. The lowest BCUT2D eigenvalue weighted by molar-refractivity contribution is -0.134. The van der Waals surface area contributed by atoms with Gasteiger partial charge in [-0.1, -0.05) is 32.5 Å². The van der Waals surface area contributed by atoms with Crippen LogP contribution >= 0.6 is 11.8 Å². The predicted molar refractivity (Wildman–Crippen MR) is 125 cm³/mol. The summed E-state index contributed by atoms with van der Waals surface area (Å²) in [5.41, 5.74) is -1.20. The van der Waals surface area contributed by atoms with Crippen molar-refractivity contribution >= 4 is 34.6 Å². The van der Waals surface area contributed by atoms with Gasteiger partial charge in [0.1, 0.15) is 16.2 Å². The maximum absolute atomic E-state index is 12.9. The van der Waals surface area contributed by atoms with Crippen molar-refractivity contribution in [2.75, 3.05) is 18.8 Å². The van der Waals surface area contributed by atoms with Crippen molar-refractivity contribution < 1.29 is 9.59 Å². The zero-order valence-electron chi connectivity index (χ0n) is 20.0. The minimum Gasteiger partial charge on any atom is -0.352 e. The van der Waals surface area contributed by atoms with Crippen LogP contribution < -0.4 is 16.6 Å². The third-order valence-electron chi connectivity index (χ3n) is 4.79. The van der Waals surface area contributed by atoms with Crippen LogP contribution in [0.3, 0.4) is 0 Å². The zero-order valence-corrected chi connectivity index (χ0v) is 20.8. The van der Waals surface area contributed by atoms with E-state index >= 15 is 0 Å². The summed E-state index contributed by atoms with van der Waals surface area (Å²) in [5.74, 6) is -0.0228. The molecule has 2 amide bonds. The highest BCUT2D eigenvalue weighted by Gasteiger charge is 2.25. The number of hydrogen-bond acceptors (Lipinski definition) is 7. The number of hydrogen-bond donors (Lipinski definition) is 1. The van der Waals surface area contributed by atoms with Crippen molar-refractivity contribution in [2.45, 2.75) is 58.0 Å². The first kappa shape index (κ1) is 25.6. The molecule has 0 aliphatic carbocycles. The van der Waals surface area contributed by atoms with Crippen molar-refractivity contribution in [1.82, 2.24) is 29.3 Å². The van der Waals surface area contributed by atoms with Crippen LogP contribution in [0.25, 0.3) is 11.0 Å². The fourth-order valence-electron chi connectivity index (χ4n) is 3.01. The number of amides is 2. The van der Waals surface area contributed by atoms with Crippen molar-refractivity contribution in [2.24, 2.45) is 14.1 Å². The molecule has 2 aromatic rings. The Bertz CT molecular complexity index is 1150. The first-order chi connectivity index (χ1) is 14.8. The molecule has 176 valence electrons. The first-order valence-corrected chi connectivity index (χ1v) is 11.4. The molecule has 2 aromatic heterocycles. The maximum Gasteiger partial charge on any atom is 0.332 e. The molecule has 0 radical (unpaired) electrons. The Kier molecular flexibility index (Phi) is 7.87. The SMILES string of the molecule is CCN(CC(=O)NC(C)C)C(=O)CSc1nc(C(C)(C)C)nc2c1c(=O)n(C)c(=O)n2C. The van der Waals surface area contributed by atoms with E-state index in [1.165, 1.54) is 16.5 Å². The van der Waals surface area contributed by atoms with Gasteiger partial charge >= 0.3 is 5.69 Å². The molecule has 0 aliphatic rings. The Morgan fingerprint density at radius 2 is 1.75 bits per heavy atom. The van der Waals surface area contributed by atoms with Gasteiger partial charge in [0.05, 0.1) is 12.3 Å². The van der Waals surface area contributed by atoms with Gasteiger partial charge < -0.3 is 10.2 Å². The second kappa shape index (κ2) is 9.85. The smallest absolute Gasteiger partial charge is 0.332 e. The average molecular weight is 465 g/mol. The molecule has 32 heavy (non-hydrogen) atoms. The fraction of sp³-hybridized carbons (Fsp3) is 0.619. The Labute approximate surface area is 191 Å². The number of rotatable bonds is 7. The van der Waals surface area contributed by atoms with Crippen LogP contribution in [0, 0.1) is 0 Å². The van der Waals surface area contributed by atoms with Gasteiger partial charge in [-0.05, 0) is 20.8 Å². The lowest BCUT2D eigenvalue weighted by Crippen LogP contribution is -2.43. The van der Waals surface area contributed by atoms with E-state index < -0.39 is 16.7 Å². The molecular formula is C21H32N6O4S. The second-order valence-electron chi connectivity index (χ2n) is 8.93. The number of aromatic nitrogens is 4. The summed E-state index contributed by atoms with van der Waals surface area (Å²) in [4.78, 5) is 60.7. The molecule has 0 aliphatic heterocycles. The van der Waals surface area contributed by atoms with Gasteiger partial charge in [-0.15, -0.1) is 0 Å². The lowest BCUT2D eigenvalue weighted by Gasteiger charge is -2.22.